The second-order valence-electron chi connectivity index (χ2n) is 6.50. The summed E-state index contributed by atoms with van der Waals surface area (Å²) in [7, 11) is 0. The highest BCUT2D eigenvalue weighted by atomic mass is 19.4. The molecule has 10 heteroatoms. The van der Waals surface area contributed by atoms with Crippen LogP contribution in [0.2, 0.25) is 0 Å². The van der Waals surface area contributed by atoms with E-state index in [-0.39, 0.29) is 17.9 Å². The van der Waals surface area contributed by atoms with Gasteiger partial charge in [-0.25, -0.2) is 0 Å². The summed E-state index contributed by atoms with van der Waals surface area (Å²) in [5.41, 5.74) is -1.81. The van der Waals surface area contributed by atoms with Crippen molar-refractivity contribution in [2.24, 2.45) is 0 Å². The maximum Gasteiger partial charge on any atom is 0.416 e. The van der Waals surface area contributed by atoms with Gasteiger partial charge in [-0.15, -0.1) is 0 Å². The highest BCUT2D eigenvalue weighted by Gasteiger charge is 2.33. The first-order valence-electron chi connectivity index (χ1n) is 8.70. The van der Waals surface area contributed by atoms with Crippen LogP contribution in [0.1, 0.15) is 16.7 Å². The molecule has 0 saturated heterocycles. The van der Waals surface area contributed by atoms with Crippen molar-refractivity contribution in [2.75, 3.05) is 0 Å². The van der Waals surface area contributed by atoms with E-state index in [9.17, 15) is 36.5 Å². The van der Waals surface area contributed by atoms with Crippen LogP contribution in [0.5, 0.6) is 5.75 Å². The van der Waals surface area contributed by atoms with Crippen LogP contribution in [0, 0.1) is 10.1 Å². The molecule has 0 unspecified atom stereocenters. The molecule has 0 spiro atoms. The predicted octanol–water partition coefficient (Wildman–Crippen LogP) is 6.88. The average molecular weight is 441 g/mol. The minimum atomic E-state index is -4.71. The highest BCUT2D eigenvalue weighted by molar-refractivity contribution is 5.74. The lowest BCUT2D eigenvalue weighted by atomic mass is 10.0. The van der Waals surface area contributed by atoms with Crippen molar-refractivity contribution in [3.63, 3.8) is 0 Å². The third-order valence-electron chi connectivity index (χ3n) is 4.35. The molecule has 0 aliphatic rings. The number of hydrogen-bond acceptors (Lipinski definition) is 3. The third kappa shape index (κ3) is 5.33. The summed E-state index contributed by atoms with van der Waals surface area (Å²) >= 11 is 0. The lowest BCUT2D eigenvalue weighted by Gasteiger charge is -2.11. The Morgan fingerprint density at radius 3 is 2.00 bits per heavy atom. The van der Waals surface area contributed by atoms with E-state index in [0.29, 0.717) is 17.2 Å². The molecule has 3 aromatic carbocycles. The molecule has 31 heavy (non-hydrogen) atoms. The Morgan fingerprint density at radius 2 is 1.42 bits per heavy atom. The van der Waals surface area contributed by atoms with Crippen LogP contribution in [0.15, 0.2) is 66.7 Å². The van der Waals surface area contributed by atoms with Gasteiger partial charge in [0.25, 0.3) is 5.69 Å². The molecule has 4 nitrogen and oxygen atoms in total. The number of rotatable bonds is 5. The Kier molecular flexibility index (Phi) is 5.92. The topological polar surface area (TPSA) is 52.4 Å². The minimum Gasteiger partial charge on any atom is -0.489 e. The molecule has 0 saturated carbocycles. The Hall–Kier alpha value is -3.56. The highest BCUT2D eigenvalue weighted by Crippen LogP contribution is 2.37. The van der Waals surface area contributed by atoms with Crippen LogP contribution in [0.4, 0.5) is 32.0 Å². The first kappa shape index (κ1) is 22.1. The average Bonchev–Trinajstić information content (AvgIpc) is 2.71. The van der Waals surface area contributed by atoms with E-state index in [2.05, 4.69) is 0 Å². The minimum absolute atomic E-state index is 0.00310. The Balaban J connectivity index is 1.79. The van der Waals surface area contributed by atoms with Gasteiger partial charge in [0.15, 0.2) is 0 Å². The monoisotopic (exact) mass is 441 g/mol. The molecular formula is C21H13F6NO3. The fraction of sp³-hybridized carbons (Fsp3) is 0.143. The summed E-state index contributed by atoms with van der Waals surface area (Å²) in [4.78, 5) is 10.3. The van der Waals surface area contributed by atoms with E-state index in [1.54, 1.807) is 0 Å². The molecule has 0 radical (unpaired) electrons. The van der Waals surface area contributed by atoms with Gasteiger partial charge in [0.05, 0.1) is 21.6 Å². The molecule has 0 aromatic heterocycles. The van der Waals surface area contributed by atoms with E-state index < -0.39 is 34.1 Å². The summed E-state index contributed by atoms with van der Waals surface area (Å²) in [6.07, 6.45) is -9.22. The molecule has 0 bridgehead atoms. The quantitative estimate of drug-likeness (QED) is 0.246. The van der Waals surface area contributed by atoms with Crippen molar-refractivity contribution in [3.8, 4) is 16.9 Å². The second-order valence-corrected chi connectivity index (χ2v) is 6.50. The Bertz CT molecular complexity index is 1090. The van der Waals surface area contributed by atoms with Gasteiger partial charge in [0.1, 0.15) is 12.4 Å². The summed E-state index contributed by atoms with van der Waals surface area (Å²) in [6, 6.07) is 12.6. The summed E-state index contributed by atoms with van der Waals surface area (Å²) in [5, 5.41) is 11.2. The van der Waals surface area contributed by atoms with Gasteiger partial charge in [-0.1, -0.05) is 30.3 Å². The van der Waals surface area contributed by atoms with Crippen LogP contribution in [0.3, 0.4) is 0 Å². The number of nitro groups is 1. The standard InChI is InChI=1S/C21H13F6NO3/c22-20(23,24)15-2-1-3-17(10-15)31-12-13-4-6-14(7-5-13)18-9-8-16(21(25,26)27)11-19(18)28(29)30/h1-11H,12H2. The van der Waals surface area contributed by atoms with Crippen molar-refractivity contribution in [2.45, 2.75) is 19.0 Å². The second kappa shape index (κ2) is 8.29. The SMILES string of the molecule is O=[N+]([O-])c1cc(C(F)(F)F)ccc1-c1ccc(COc2cccc(C(F)(F)F)c2)cc1. The molecule has 3 rings (SSSR count). The first-order valence-corrected chi connectivity index (χ1v) is 8.70. The zero-order chi connectivity index (χ0) is 22.8. The van der Waals surface area contributed by atoms with Crippen molar-refractivity contribution < 1.29 is 36.0 Å². The molecule has 0 heterocycles. The van der Waals surface area contributed by atoms with Gasteiger partial charge in [0, 0.05) is 6.07 Å². The van der Waals surface area contributed by atoms with Gasteiger partial charge >= 0.3 is 12.4 Å². The van der Waals surface area contributed by atoms with Crippen LogP contribution in [-0.2, 0) is 19.0 Å². The zero-order valence-electron chi connectivity index (χ0n) is 15.5. The molecule has 0 amide bonds. The van der Waals surface area contributed by atoms with E-state index >= 15 is 0 Å². The molecule has 162 valence electrons. The molecule has 0 fully saturated rings. The first-order chi connectivity index (χ1) is 14.4. The molecule has 3 aromatic rings. The van der Waals surface area contributed by atoms with Crippen LogP contribution in [-0.4, -0.2) is 4.92 Å². The number of nitro benzene ring substituents is 1. The molecule has 0 aliphatic heterocycles. The van der Waals surface area contributed by atoms with Crippen molar-refractivity contribution in [1.82, 2.24) is 0 Å². The van der Waals surface area contributed by atoms with Gasteiger partial charge < -0.3 is 4.74 Å². The predicted molar refractivity (Wildman–Crippen MR) is 99.3 cm³/mol. The van der Waals surface area contributed by atoms with E-state index in [1.807, 2.05) is 0 Å². The maximum absolute atomic E-state index is 12.8. The number of alkyl halides is 6. The molecule has 0 aliphatic carbocycles. The fourth-order valence-electron chi connectivity index (χ4n) is 2.81. The van der Waals surface area contributed by atoms with E-state index in [4.69, 9.17) is 4.74 Å². The van der Waals surface area contributed by atoms with E-state index in [1.165, 1.54) is 36.4 Å². The number of halogens is 6. The summed E-state index contributed by atoms with van der Waals surface area (Å²) in [6.45, 7) is -0.0727. The third-order valence-corrected chi connectivity index (χ3v) is 4.35. The normalized spacial score (nSPS) is 11.9. The van der Waals surface area contributed by atoms with Crippen molar-refractivity contribution >= 4 is 5.69 Å². The molecule has 0 atom stereocenters. The number of ether oxygens (including phenoxy) is 1. The van der Waals surface area contributed by atoms with Crippen LogP contribution >= 0.6 is 0 Å². The van der Waals surface area contributed by atoms with Gasteiger partial charge in [-0.05, 0) is 41.5 Å². The zero-order valence-corrected chi connectivity index (χ0v) is 15.5. The Labute approximate surface area is 171 Å². The smallest absolute Gasteiger partial charge is 0.416 e. The lowest BCUT2D eigenvalue weighted by molar-refractivity contribution is -0.384. The van der Waals surface area contributed by atoms with Crippen LogP contribution in [0.25, 0.3) is 11.1 Å². The lowest BCUT2D eigenvalue weighted by Crippen LogP contribution is -2.06. The van der Waals surface area contributed by atoms with Crippen molar-refractivity contribution in [1.29, 1.82) is 0 Å². The van der Waals surface area contributed by atoms with Crippen molar-refractivity contribution in [3.05, 3.63) is 93.5 Å². The molecular weight excluding hydrogens is 428 g/mol. The van der Waals surface area contributed by atoms with Gasteiger partial charge in [-0.3, -0.25) is 10.1 Å². The Morgan fingerprint density at radius 1 is 0.806 bits per heavy atom. The van der Waals surface area contributed by atoms with E-state index in [0.717, 1.165) is 24.3 Å². The number of hydrogen-bond donors (Lipinski definition) is 0. The van der Waals surface area contributed by atoms with Gasteiger partial charge in [0.2, 0.25) is 0 Å². The maximum atomic E-state index is 12.8. The number of nitrogens with zero attached hydrogens (tertiary/aromatic N) is 1. The summed E-state index contributed by atoms with van der Waals surface area (Å²) in [5.74, 6) is 0.0114. The number of benzene rings is 3. The van der Waals surface area contributed by atoms with Crippen LogP contribution < -0.4 is 4.74 Å². The van der Waals surface area contributed by atoms with Gasteiger partial charge in [-0.2, -0.15) is 26.3 Å². The largest absolute Gasteiger partial charge is 0.489 e. The summed E-state index contributed by atoms with van der Waals surface area (Å²) < 4.78 is 82.1. The molecule has 0 N–H and O–H groups in total. The fourth-order valence-corrected chi connectivity index (χ4v) is 2.81.